The van der Waals surface area contributed by atoms with Crippen LogP contribution in [0.2, 0.25) is 0 Å². The fourth-order valence-electron chi connectivity index (χ4n) is 1.46. The van der Waals surface area contributed by atoms with Crippen molar-refractivity contribution in [2.75, 3.05) is 12.4 Å². The van der Waals surface area contributed by atoms with E-state index in [1.165, 1.54) is 11.3 Å². The van der Waals surface area contributed by atoms with Crippen LogP contribution in [0.5, 0.6) is 5.75 Å². The number of nitrogens with zero attached hydrogens (tertiary/aromatic N) is 2. The van der Waals surface area contributed by atoms with E-state index in [4.69, 9.17) is 10.00 Å². The molecule has 5 nitrogen and oxygen atoms in total. The lowest BCUT2D eigenvalue weighted by Gasteiger charge is -2.00. The molecule has 1 heterocycles. The Morgan fingerprint density at radius 1 is 1.47 bits per heavy atom. The van der Waals surface area contributed by atoms with E-state index in [1.807, 2.05) is 29.6 Å². The molecule has 0 bridgehead atoms. The lowest BCUT2D eigenvalue weighted by molar-refractivity contribution is -0.115. The Hall–Kier alpha value is -2.39. The highest BCUT2D eigenvalue weighted by molar-refractivity contribution is 7.14. The van der Waals surface area contributed by atoms with Crippen LogP contribution >= 0.6 is 11.3 Å². The minimum Gasteiger partial charge on any atom is -0.497 e. The Labute approximate surface area is 114 Å². The van der Waals surface area contributed by atoms with Crippen LogP contribution in [0.1, 0.15) is 6.42 Å². The molecule has 0 saturated heterocycles. The van der Waals surface area contributed by atoms with Crippen LogP contribution in [0.15, 0.2) is 29.6 Å². The summed E-state index contributed by atoms with van der Waals surface area (Å²) in [7, 11) is 1.61. The van der Waals surface area contributed by atoms with Crippen molar-refractivity contribution in [2.24, 2.45) is 0 Å². The molecule has 6 heteroatoms. The summed E-state index contributed by atoms with van der Waals surface area (Å²) in [6, 6.07) is 9.28. The zero-order valence-corrected chi connectivity index (χ0v) is 11.0. The van der Waals surface area contributed by atoms with Gasteiger partial charge < -0.3 is 10.1 Å². The van der Waals surface area contributed by atoms with Crippen LogP contribution in [0.4, 0.5) is 5.13 Å². The molecule has 0 aliphatic rings. The number of carbonyl (C=O) groups excluding carboxylic acids is 1. The zero-order chi connectivity index (χ0) is 13.7. The fraction of sp³-hybridized carbons (Fsp3) is 0.154. The van der Waals surface area contributed by atoms with Crippen molar-refractivity contribution in [1.82, 2.24) is 4.98 Å². The molecule has 2 aromatic rings. The van der Waals surface area contributed by atoms with Crippen molar-refractivity contribution in [3.63, 3.8) is 0 Å². The lowest BCUT2D eigenvalue weighted by atomic mass is 10.2. The Bertz CT molecular complexity index is 614. The van der Waals surface area contributed by atoms with Crippen molar-refractivity contribution < 1.29 is 9.53 Å². The van der Waals surface area contributed by atoms with E-state index in [1.54, 1.807) is 13.2 Å². The van der Waals surface area contributed by atoms with Crippen molar-refractivity contribution in [3.05, 3.63) is 29.6 Å². The highest BCUT2D eigenvalue weighted by Gasteiger charge is 2.07. The van der Waals surface area contributed by atoms with Crippen molar-refractivity contribution in [1.29, 1.82) is 5.26 Å². The van der Waals surface area contributed by atoms with Gasteiger partial charge in [0.05, 0.1) is 18.9 Å². The fourth-order valence-corrected chi connectivity index (χ4v) is 2.20. The molecule has 96 valence electrons. The first-order valence-electron chi connectivity index (χ1n) is 5.49. The van der Waals surface area contributed by atoms with E-state index in [2.05, 4.69) is 10.3 Å². The van der Waals surface area contributed by atoms with Gasteiger partial charge in [-0.15, -0.1) is 11.3 Å². The van der Waals surface area contributed by atoms with Gasteiger partial charge in [-0.25, -0.2) is 4.98 Å². The lowest BCUT2D eigenvalue weighted by Crippen LogP contribution is -2.09. The minimum absolute atomic E-state index is 0.169. The molecular weight excluding hydrogens is 262 g/mol. The van der Waals surface area contributed by atoms with E-state index in [0.29, 0.717) is 5.13 Å². The topological polar surface area (TPSA) is 75.0 Å². The number of aromatic nitrogens is 1. The molecule has 0 atom stereocenters. The summed E-state index contributed by atoms with van der Waals surface area (Å²) in [5.74, 6) is 0.430. The Kier molecular flexibility index (Phi) is 4.11. The maximum atomic E-state index is 11.3. The van der Waals surface area contributed by atoms with Gasteiger partial charge in [-0.05, 0) is 24.3 Å². The van der Waals surface area contributed by atoms with Crippen LogP contribution < -0.4 is 10.1 Å². The van der Waals surface area contributed by atoms with E-state index in [9.17, 15) is 4.79 Å². The average Bonchev–Trinajstić information content (AvgIpc) is 2.87. The number of hydrogen-bond donors (Lipinski definition) is 1. The summed E-state index contributed by atoms with van der Waals surface area (Å²) in [4.78, 5) is 15.6. The van der Waals surface area contributed by atoms with Gasteiger partial charge in [-0.1, -0.05) is 0 Å². The number of nitriles is 1. The van der Waals surface area contributed by atoms with Crippen LogP contribution in [0.25, 0.3) is 11.3 Å². The van der Waals surface area contributed by atoms with E-state index in [-0.39, 0.29) is 12.3 Å². The highest BCUT2D eigenvalue weighted by Crippen LogP contribution is 2.26. The molecule has 1 aromatic carbocycles. The standard InChI is InChI=1S/C13H11N3O2S/c1-18-10-4-2-9(3-5-10)11-8-19-13(15-11)16-12(17)6-7-14/h2-5,8H,6H2,1H3,(H,15,16,17). The number of benzene rings is 1. The number of thiazole rings is 1. The van der Waals surface area contributed by atoms with Crippen molar-refractivity contribution in [2.45, 2.75) is 6.42 Å². The van der Waals surface area contributed by atoms with Gasteiger partial charge in [0.15, 0.2) is 5.13 Å². The average molecular weight is 273 g/mol. The van der Waals surface area contributed by atoms with Gasteiger partial charge >= 0.3 is 0 Å². The van der Waals surface area contributed by atoms with Gasteiger partial charge in [0.25, 0.3) is 0 Å². The summed E-state index contributed by atoms with van der Waals surface area (Å²) < 4.78 is 5.08. The predicted octanol–water partition coefficient (Wildman–Crippen LogP) is 2.67. The monoisotopic (exact) mass is 273 g/mol. The first-order valence-corrected chi connectivity index (χ1v) is 6.37. The number of carbonyl (C=O) groups is 1. The molecular formula is C13H11N3O2S. The molecule has 0 saturated carbocycles. The summed E-state index contributed by atoms with van der Waals surface area (Å²) in [6.45, 7) is 0. The largest absolute Gasteiger partial charge is 0.497 e. The predicted molar refractivity (Wildman–Crippen MR) is 73.0 cm³/mol. The summed E-state index contributed by atoms with van der Waals surface area (Å²) in [5.41, 5.74) is 1.72. The van der Waals surface area contributed by atoms with Crippen molar-refractivity contribution in [3.8, 4) is 23.1 Å². The number of hydrogen-bond acceptors (Lipinski definition) is 5. The smallest absolute Gasteiger partial charge is 0.240 e. The van der Waals surface area contributed by atoms with Crippen LogP contribution in [-0.2, 0) is 4.79 Å². The number of anilines is 1. The second kappa shape index (κ2) is 5.98. The third-order valence-electron chi connectivity index (χ3n) is 2.38. The first-order chi connectivity index (χ1) is 9.22. The van der Waals surface area contributed by atoms with Crippen LogP contribution in [0.3, 0.4) is 0 Å². The van der Waals surface area contributed by atoms with Crippen molar-refractivity contribution >= 4 is 22.4 Å². The molecule has 0 aliphatic carbocycles. The second-order valence-corrected chi connectivity index (χ2v) is 4.51. The molecule has 1 amide bonds. The van der Waals surface area contributed by atoms with Gasteiger partial charge in [0.2, 0.25) is 5.91 Å². The normalized spacial score (nSPS) is 9.68. The summed E-state index contributed by atoms with van der Waals surface area (Å²) >= 11 is 1.32. The van der Waals surface area contributed by atoms with E-state index >= 15 is 0 Å². The van der Waals surface area contributed by atoms with Gasteiger partial charge in [0.1, 0.15) is 12.2 Å². The highest BCUT2D eigenvalue weighted by atomic mass is 32.1. The number of nitrogens with one attached hydrogen (secondary N) is 1. The number of amides is 1. The molecule has 0 spiro atoms. The van der Waals surface area contributed by atoms with E-state index < -0.39 is 0 Å². The molecule has 2 rings (SSSR count). The van der Waals surface area contributed by atoms with Crippen LogP contribution in [0, 0.1) is 11.3 Å². The molecule has 0 aliphatic heterocycles. The Balaban J connectivity index is 2.11. The molecule has 0 fully saturated rings. The Morgan fingerprint density at radius 3 is 2.84 bits per heavy atom. The van der Waals surface area contributed by atoms with E-state index in [0.717, 1.165) is 17.0 Å². The summed E-state index contributed by atoms with van der Waals surface area (Å²) in [5, 5.41) is 13.3. The van der Waals surface area contributed by atoms with Crippen LogP contribution in [-0.4, -0.2) is 18.0 Å². The number of ether oxygens (including phenoxy) is 1. The Morgan fingerprint density at radius 2 is 2.21 bits per heavy atom. The van der Waals surface area contributed by atoms with Gasteiger partial charge in [-0.2, -0.15) is 5.26 Å². The maximum Gasteiger partial charge on any atom is 0.240 e. The first kappa shape index (κ1) is 13.1. The molecule has 1 N–H and O–H groups in total. The quantitative estimate of drug-likeness (QED) is 0.929. The van der Waals surface area contributed by atoms with Gasteiger partial charge in [0, 0.05) is 10.9 Å². The summed E-state index contributed by atoms with van der Waals surface area (Å²) in [6.07, 6.45) is -0.169. The molecule has 0 radical (unpaired) electrons. The zero-order valence-electron chi connectivity index (χ0n) is 10.2. The second-order valence-electron chi connectivity index (χ2n) is 3.65. The molecule has 19 heavy (non-hydrogen) atoms. The molecule has 0 unspecified atom stereocenters. The number of methoxy groups -OCH3 is 1. The minimum atomic E-state index is -0.349. The third kappa shape index (κ3) is 3.30. The number of rotatable bonds is 4. The van der Waals surface area contributed by atoms with Gasteiger partial charge in [-0.3, -0.25) is 4.79 Å². The molecule has 1 aromatic heterocycles. The maximum absolute atomic E-state index is 11.3. The third-order valence-corrected chi connectivity index (χ3v) is 3.13. The SMILES string of the molecule is COc1ccc(-c2csc(NC(=O)CC#N)n2)cc1.